The van der Waals surface area contributed by atoms with Crippen molar-refractivity contribution in [3.8, 4) is 11.3 Å². The number of imidazole rings is 1. The lowest BCUT2D eigenvalue weighted by Gasteiger charge is -2.21. The maximum atomic E-state index is 12.4. The van der Waals surface area contributed by atoms with E-state index in [0.717, 1.165) is 18.8 Å². The van der Waals surface area contributed by atoms with Gasteiger partial charge in [0.1, 0.15) is 5.69 Å². The lowest BCUT2D eigenvalue weighted by atomic mass is 9.86. The first-order chi connectivity index (χ1) is 12.7. The van der Waals surface area contributed by atoms with Crippen LogP contribution in [0.4, 0.5) is 0 Å². The van der Waals surface area contributed by atoms with Crippen molar-refractivity contribution in [1.82, 2.24) is 9.55 Å². The van der Waals surface area contributed by atoms with Gasteiger partial charge in [0.25, 0.3) is 5.78 Å². The zero-order chi connectivity index (χ0) is 18.1. The lowest BCUT2D eigenvalue weighted by molar-refractivity contribution is 0.0812. The maximum Gasteiger partial charge on any atom is 0.326 e. The molecule has 26 heavy (non-hydrogen) atoms. The van der Waals surface area contributed by atoms with Crippen LogP contribution in [0.3, 0.4) is 0 Å². The molecule has 0 saturated heterocycles. The van der Waals surface area contributed by atoms with E-state index in [-0.39, 0.29) is 11.4 Å². The van der Waals surface area contributed by atoms with Gasteiger partial charge in [0.05, 0.1) is 5.69 Å². The van der Waals surface area contributed by atoms with Gasteiger partial charge >= 0.3 is 5.69 Å². The zero-order valence-corrected chi connectivity index (χ0v) is 14.9. The van der Waals surface area contributed by atoms with Crippen LogP contribution in [-0.2, 0) is 6.54 Å². The van der Waals surface area contributed by atoms with E-state index in [1.54, 1.807) is 16.7 Å². The monoisotopic (exact) mass is 352 g/mol. The van der Waals surface area contributed by atoms with Crippen molar-refractivity contribution < 1.29 is 9.59 Å². The number of aromatic nitrogens is 2. The summed E-state index contributed by atoms with van der Waals surface area (Å²) in [7, 11) is 0. The van der Waals surface area contributed by atoms with Crippen molar-refractivity contribution >= 4 is 11.6 Å². The Bertz CT molecular complexity index is 900. The zero-order valence-electron chi connectivity index (χ0n) is 14.9. The molecule has 0 bridgehead atoms. The number of rotatable bonds is 5. The van der Waals surface area contributed by atoms with E-state index in [9.17, 15) is 14.4 Å². The van der Waals surface area contributed by atoms with Crippen molar-refractivity contribution in [3.63, 3.8) is 0 Å². The van der Waals surface area contributed by atoms with E-state index in [1.807, 2.05) is 12.1 Å². The van der Waals surface area contributed by atoms with Crippen molar-refractivity contribution in [3.05, 3.63) is 46.0 Å². The topological polar surface area (TPSA) is 71.9 Å². The number of nitrogens with one attached hydrogen (secondary N) is 1. The molecule has 1 aromatic carbocycles. The van der Waals surface area contributed by atoms with Gasteiger partial charge < -0.3 is 4.98 Å². The van der Waals surface area contributed by atoms with Crippen molar-refractivity contribution in [2.24, 2.45) is 5.92 Å². The van der Waals surface area contributed by atoms with Gasteiger partial charge in [-0.15, -0.1) is 0 Å². The average molecular weight is 352 g/mol. The second kappa shape index (κ2) is 7.06. The number of hydrogen-bond donors (Lipinski definition) is 1. The van der Waals surface area contributed by atoms with E-state index >= 15 is 0 Å². The second-order valence-electron chi connectivity index (χ2n) is 7.51. The van der Waals surface area contributed by atoms with E-state index in [0.29, 0.717) is 23.4 Å². The Morgan fingerprint density at radius 3 is 2.42 bits per heavy atom. The molecule has 0 atom stereocenters. The fourth-order valence-corrected chi connectivity index (χ4v) is 4.43. The number of unbranched alkanes of at least 4 members (excludes halogenated alkanes) is 1. The van der Waals surface area contributed by atoms with Crippen LogP contribution in [0.1, 0.15) is 72.2 Å². The van der Waals surface area contributed by atoms with Crippen LogP contribution in [0.15, 0.2) is 29.1 Å². The summed E-state index contributed by atoms with van der Waals surface area (Å²) in [5.41, 5.74) is 1.49. The summed E-state index contributed by atoms with van der Waals surface area (Å²) >= 11 is 0. The Morgan fingerprint density at radius 2 is 1.65 bits per heavy atom. The SMILES string of the molecule is O=C1C(=O)c2[nH]c(=O)n(CCCCC3CCCCC3)c2-c2ccccc21. The molecule has 2 aromatic rings. The fourth-order valence-electron chi connectivity index (χ4n) is 4.43. The van der Waals surface area contributed by atoms with Crippen LogP contribution in [0.2, 0.25) is 0 Å². The molecule has 2 aliphatic carbocycles. The predicted octanol–water partition coefficient (Wildman–Crippen LogP) is 3.97. The molecule has 5 nitrogen and oxygen atoms in total. The minimum Gasteiger partial charge on any atom is -0.302 e. The third-order valence-electron chi connectivity index (χ3n) is 5.81. The number of ketones is 2. The summed E-state index contributed by atoms with van der Waals surface area (Å²) in [6.07, 6.45) is 9.96. The van der Waals surface area contributed by atoms with Gasteiger partial charge in [-0.3, -0.25) is 14.2 Å². The summed E-state index contributed by atoms with van der Waals surface area (Å²) < 4.78 is 1.64. The second-order valence-corrected chi connectivity index (χ2v) is 7.51. The summed E-state index contributed by atoms with van der Waals surface area (Å²) in [5.74, 6) is -0.323. The summed E-state index contributed by atoms with van der Waals surface area (Å²) in [4.78, 5) is 39.6. The quantitative estimate of drug-likeness (QED) is 0.654. The number of carbonyl (C=O) groups excluding carboxylic acids is 2. The van der Waals surface area contributed by atoms with Gasteiger partial charge in [-0.25, -0.2) is 4.79 Å². The number of benzene rings is 1. The van der Waals surface area contributed by atoms with Gasteiger partial charge in [-0.05, 0) is 12.3 Å². The Kier molecular flexibility index (Phi) is 4.62. The van der Waals surface area contributed by atoms with Gasteiger partial charge in [-0.1, -0.05) is 69.2 Å². The Labute approximate surface area is 152 Å². The van der Waals surface area contributed by atoms with Gasteiger partial charge in [0, 0.05) is 17.7 Å². The van der Waals surface area contributed by atoms with E-state index in [1.165, 1.54) is 38.5 Å². The molecule has 1 heterocycles. The molecule has 136 valence electrons. The molecule has 2 aliphatic rings. The summed E-state index contributed by atoms with van der Waals surface area (Å²) in [6.45, 7) is 0.577. The lowest BCUT2D eigenvalue weighted by Crippen LogP contribution is -2.22. The third kappa shape index (κ3) is 2.96. The number of fused-ring (bicyclic) bond motifs is 3. The molecule has 0 unspecified atom stereocenters. The third-order valence-corrected chi connectivity index (χ3v) is 5.81. The molecule has 1 aromatic heterocycles. The molecule has 5 heteroatoms. The van der Waals surface area contributed by atoms with Gasteiger partial charge in [-0.2, -0.15) is 0 Å². The minimum absolute atomic E-state index is 0.144. The Balaban J connectivity index is 1.54. The number of nitrogens with zero attached hydrogens (tertiary/aromatic N) is 1. The van der Waals surface area contributed by atoms with Gasteiger partial charge in [0.15, 0.2) is 0 Å². The number of Topliss-reactive ketones (excluding diaryl/α,β-unsaturated/α-hetero) is 2. The summed E-state index contributed by atoms with van der Waals surface area (Å²) in [5, 5.41) is 0. The molecule has 0 radical (unpaired) electrons. The highest BCUT2D eigenvalue weighted by atomic mass is 16.2. The van der Waals surface area contributed by atoms with E-state index < -0.39 is 11.6 Å². The first-order valence-electron chi connectivity index (χ1n) is 9.68. The van der Waals surface area contributed by atoms with Crippen molar-refractivity contribution in [2.75, 3.05) is 0 Å². The molecule has 1 saturated carbocycles. The average Bonchev–Trinajstić information content (AvgIpc) is 3.01. The molecule has 1 N–H and O–H groups in total. The first kappa shape index (κ1) is 17.0. The van der Waals surface area contributed by atoms with Crippen molar-refractivity contribution in [2.45, 2.75) is 57.9 Å². The molecule has 0 aliphatic heterocycles. The number of carbonyl (C=O) groups is 2. The molecule has 4 rings (SSSR count). The largest absolute Gasteiger partial charge is 0.326 e. The summed E-state index contributed by atoms with van der Waals surface area (Å²) in [6, 6.07) is 7.04. The highest BCUT2D eigenvalue weighted by Crippen LogP contribution is 2.32. The molecule has 1 fully saturated rings. The van der Waals surface area contributed by atoms with Crippen LogP contribution >= 0.6 is 0 Å². The van der Waals surface area contributed by atoms with Gasteiger partial charge in [0.2, 0.25) is 5.78 Å². The Morgan fingerprint density at radius 1 is 0.923 bits per heavy atom. The maximum absolute atomic E-state index is 12.4. The first-order valence-corrected chi connectivity index (χ1v) is 9.68. The molecular formula is C21H24N2O3. The standard InChI is InChI=1S/C21H24N2O3/c24-19-16-12-5-4-11-15(16)18-17(20(19)25)22-21(26)23(18)13-7-6-10-14-8-2-1-3-9-14/h4-5,11-12,14H,1-3,6-10,13H2,(H,22,26). The molecular weight excluding hydrogens is 328 g/mol. The van der Waals surface area contributed by atoms with Crippen LogP contribution in [-0.4, -0.2) is 21.1 Å². The number of H-pyrrole nitrogens is 1. The highest BCUT2D eigenvalue weighted by molar-refractivity contribution is 6.52. The number of hydrogen-bond acceptors (Lipinski definition) is 3. The predicted molar refractivity (Wildman–Crippen MR) is 99.6 cm³/mol. The Hall–Kier alpha value is -2.43. The minimum atomic E-state index is -0.614. The number of aromatic amines is 1. The van der Waals surface area contributed by atoms with Crippen LogP contribution < -0.4 is 5.69 Å². The van der Waals surface area contributed by atoms with Crippen molar-refractivity contribution in [1.29, 1.82) is 0 Å². The highest BCUT2D eigenvalue weighted by Gasteiger charge is 2.34. The molecule has 0 amide bonds. The van der Waals surface area contributed by atoms with E-state index in [2.05, 4.69) is 4.98 Å². The van der Waals surface area contributed by atoms with Crippen LogP contribution in [0.5, 0.6) is 0 Å². The normalized spacial score (nSPS) is 17.2. The van der Waals surface area contributed by atoms with E-state index in [4.69, 9.17) is 0 Å². The molecule has 0 spiro atoms. The fraction of sp³-hybridized carbons (Fsp3) is 0.476. The smallest absolute Gasteiger partial charge is 0.302 e. The van der Waals surface area contributed by atoms with Crippen LogP contribution in [0, 0.1) is 5.92 Å². The van der Waals surface area contributed by atoms with Crippen LogP contribution in [0.25, 0.3) is 11.3 Å².